The molecule has 0 spiro atoms. The average molecular weight is 322 g/mol. The van der Waals surface area contributed by atoms with Crippen LogP contribution >= 0.6 is 0 Å². The second kappa shape index (κ2) is 7.30. The first-order chi connectivity index (χ1) is 11.6. The molecule has 1 aliphatic rings. The Kier molecular flexibility index (Phi) is 4.94. The molecule has 1 aliphatic heterocycles. The van der Waals surface area contributed by atoms with Gasteiger partial charge in [-0.15, -0.1) is 0 Å². The topological polar surface area (TPSA) is 49.4 Å². The Hall–Kier alpha value is -2.62. The minimum absolute atomic E-state index is 0.0411. The average Bonchev–Trinajstić information content (AvgIpc) is 3.01. The molecule has 3 rings (SSSR count). The van der Waals surface area contributed by atoms with E-state index in [0.717, 1.165) is 24.1 Å². The Bertz CT molecular complexity index is 710. The summed E-state index contributed by atoms with van der Waals surface area (Å²) >= 11 is 0. The van der Waals surface area contributed by atoms with Gasteiger partial charge in [0.05, 0.1) is 6.04 Å². The van der Waals surface area contributed by atoms with E-state index in [0.29, 0.717) is 18.5 Å². The third kappa shape index (κ3) is 3.82. The van der Waals surface area contributed by atoms with Crippen LogP contribution in [0.5, 0.6) is 0 Å². The molecule has 0 unspecified atom stereocenters. The van der Waals surface area contributed by atoms with E-state index in [9.17, 15) is 9.59 Å². The van der Waals surface area contributed by atoms with Gasteiger partial charge in [-0.1, -0.05) is 42.5 Å². The standard InChI is InChI=1S/C20H22N2O2/c1-15(17-6-3-2-4-7-17)21-20(24)18-11-9-16(10-12-18)14-22-13-5-8-19(22)23/h2-4,6-7,9-12,15H,5,8,13-14H2,1H3,(H,21,24)/t15-/m1/s1. The molecule has 1 atom stereocenters. The minimum Gasteiger partial charge on any atom is -0.346 e. The second-order valence-electron chi connectivity index (χ2n) is 6.22. The Balaban J connectivity index is 1.60. The Labute approximate surface area is 142 Å². The zero-order valence-corrected chi connectivity index (χ0v) is 13.9. The summed E-state index contributed by atoms with van der Waals surface area (Å²) in [6, 6.07) is 17.3. The zero-order chi connectivity index (χ0) is 16.9. The summed E-state index contributed by atoms with van der Waals surface area (Å²) in [5.74, 6) is 0.128. The van der Waals surface area contributed by atoms with Gasteiger partial charge in [0.25, 0.3) is 5.91 Å². The lowest BCUT2D eigenvalue weighted by molar-refractivity contribution is -0.128. The van der Waals surface area contributed by atoms with Crippen molar-refractivity contribution in [2.24, 2.45) is 0 Å². The molecular weight excluding hydrogens is 300 g/mol. The van der Waals surface area contributed by atoms with Gasteiger partial charge in [-0.05, 0) is 36.6 Å². The van der Waals surface area contributed by atoms with E-state index in [2.05, 4.69) is 5.32 Å². The van der Waals surface area contributed by atoms with Crippen molar-refractivity contribution in [3.8, 4) is 0 Å². The number of benzene rings is 2. The molecule has 0 radical (unpaired) electrons. The molecule has 2 amide bonds. The summed E-state index contributed by atoms with van der Waals surface area (Å²) in [7, 11) is 0. The van der Waals surface area contributed by atoms with Crippen molar-refractivity contribution in [3.05, 3.63) is 71.3 Å². The third-order valence-corrected chi connectivity index (χ3v) is 4.41. The lowest BCUT2D eigenvalue weighted by Crippen LogP contribution is -2.26. The predicted octanol–water partition coefficient (Wildman–Crippen LogP) is 3.30. The Morgan fingerprint density at radius 1 is 1.12 bits per heavy atom. The molecule has 1 saturated heterocycles. The van der Waals surface area contributed by atoms with Crippen molar-refractivity contribution in [1.29, 1.82) is 0 Å². The molecule has 4 nitrogen and oxygen atoms in total. The van der Waals surface area contributed by atoms with E-state index < -0.39 is 0 Å². The largest absolute Gasteiger partial charge is 0.346 e. The van der Waals surface area contributed by atoms with E-state index in [1.54, 1.807) is 0 Å². The summed E-state index contributed by atoms with van der Waals surface area (Å²) < 4.78 is 0. The first-order valence-corrected chi connectivity index (χ1v) is 8.36. The number of amides is 2. The van der Waals surface area contributed by atoms with Crippen LogP contribution in [0.15, 0.2) is 54.6 Å². The van der Waals surface area contributed by atoms with Crippen molar-refractivity contribution < 1.29 is 9.59 Å². The van der Waals surface area contributed by atoms with Crippen LogP contribution in [0, 0.1) is 0 Å². The zero-order valence-electron chi connectivity index (χ0n) is 13.9. The molecule has 0 saturated carbocycles. The molecule has 1 heterocycles. The van der Waals surface area contributed by atoms with E-state index in [-0.39, 0.29) is 17.9 Å². The van der Waals surface area contributed by atoms with Gasteiger partial charge >= 0.3 is 0 Å². The molecule has 4 heteroatoms. The fraction of sp³-hybridized carbons (Fsp3) is 0.300. The quantitative estimate of drug-likeness (QED) is 0.918. The third-order valence-electron chi connectivity index (χ3n) is 4.41. The highest BCUT2D eigenvalue weighted by atomic mass is 16.2. The summed E-state index contributed by atoms with van der Waals surface area (Å²) in [6.07, 6.45) is 1.59. The van der Waals surface area contributed by atoms with Crippen molar-refractivity contribution in [1.82, 2.24) is 10.2 Å². The highest BCUT2D eigenvalue weighted by molar-refractivity contribution is 5.94. The SMILES string of the molecule is C[C@@H](NC(=O)c1ccc(CN2CCCC2=O)cc1)c1ccccc1. The molecule has 2 aromatic rings. The van der Waals surface area contributed by atoms with E-state index in [1.165, 1.54) is 0 Å². The summed E-state index contributed by atoms with van der Waals surface area (Å²) in [6.45, 7) is 3.43. The number of nitrogens with one attached hydrogen (secondary N) is 1. The summed E-state index contributed by atoms with van der Waals surface area (Å²) in [4.78, 5) is 25.9. The monoisotopic (exact) mass is 322 g/mol. The lowest BCUT2D eigenvalue weighted by Gasteiger charge is -2.16. The fourth-order valence-corrected chi connectivity index (χ4v) is 2.96. The normalized spacial score (nSPS) is 15.4. The van der Waals surface area contributed by atoms with Crippen LogP contribution < -0.4 is 5.32 Å². The Morgan fingerprint density at radius 2 is 1.83 bits per heavy atom. The predicted molar refractivity (Wildman–Crippen MR) is 93.4 cm³/mol. The number of nitrogens with zero attached hydrogens (tertiary/aromatic N) is 1. The maximum Gasteiger partial charge on any atom is 0.251 e. The fourth-order valence-electron chi connectivity index (χ4n) is 2.96. The van der Waals surface area contributed by atoms with Crippen LogP contribution in [0.25, 0.3) is 0 Å². The number of likely N-dealkylation sites (tertiary alicyclic amines) is 1. The van der Waals surface area contributed by atoms with Crippen LogP contribution in [0.2, 0.25) is 0 Å². The van der Waals surface area contributed by atoms with Crippen molar-refractivity contribution >= 4 is 11.8 Å². The summed E-state index contributed by atoms with van der Waals surface area (Å²) in [5, 5.41) is 3.01. The highest BCUT2D eigenvalue weighted by Crippen LogP contribution is 2.16. The van der Waals surface area contributed by atoms with Gasteiger partial charge in [-0.3, -0.25) is 9.59 Å². The van der Waals surface area contributed by atoms with Gasteiger partial charge in [-0.25, -0.2) is 0 Å². The van der Waals surface area contributed by atoms with Gasteiger partial charge in [0.2, 0.25) is 5.91 Å². The van der Waals surface area contributed by atoms with Crippen molar-refractivity contribution in [2.75, 3.05) is 6.54 Å². The van der Waals surface area contributed by atoms with Crippen molar-refractivity contribution in [3.63, 3.8) is 0 Å². The second-order valence-corrected chi connectivity index (χ2v) is 6.22. The maximum atomic E-state index is 12.4. The number of rotatable bonds is 5. The molecule has 1 N–H and O–H groups in total. The first-order valence-electron chi connectivity index (χ1n) is 8.36. The molecule has 2 aromatic carbocycles. The van der Waals surface area contributed by atoms with Crippen LogP contribution in [0.1, 0.15) is 47.3 Å². The first kappa shape index (κ1) is 16.2. The molecule has 0 bridgehead atoms. The molecule has 124 valence electrons. The van der Waals surface area contributed by atoms with Crippen molar-refractivity contribution in [2.45, 2.75) is 32.4 Å². The van der Waals surface area contributed by atoms with Gasteiger partial charge in [0.15, 0.2) is 0 Å². The molecule has 0 aliphatic carbocycles. The number of hydrogen-bond acceptors (Lipinski definition) is 2. The maximum absolute atomic E-state index is 12.4. The Morgan fingerprint density at radius 3 is 2.46 bits per heavy atom. The number of carbonyl (C=O) groups is 2. The summed E-state index contributed by atoms with van der Waals surface area (Å²) in [5.41, 5.74) is 2.77. The minimum atomic E-state index is -0.0878. The molecule has 0 aromatic heterocycles. The van der Waals surface area contributed by atoms with E-state index >= 15 is 0 Å². The molecule has 1 fully saturated rings. The van der Waals surface area contributed by atoms with Crippen LogP contribution in [-0.4, -0.2) is 23.3 Å². The highest BCUT2D eigenvalue weighted by Gasteiger charge is 2.20. The molecular formula is C20H22N2O2. The number of carbonyl (C=O) groups excluding carboxylic acids is 2. The van der Waals surface area contributed by atoms with Crippen LogP contribution in [0.3, 0.4) is 0 Å². The smallest absolute Gasteiger partial charge is 0.251 e. The van der Waals surface area contributed by atoms with Crippen LogP contribution in [-0.2, 0) is 11.3 Å². The van der Waals surface area contributed by atoms with E-state index in [1.807, 2.05) is 66.4 Å². The number of hydrogen-bond donors (Lipinski definition) is 1. The lowest BCUT2D eigenvalue weighted by atomic mass is 10.1. The molecule has 24 heavy (non-hydrogen) atoms. The van der Waals surface area contributed by atoms with Gasteiger partial charge in [0.1, 0.15) is 0 Å². The van der Waals surface area contributed by atoms with Gasteiger partial charge in [0, 0.05) is 25.1 Å². The van der Waals surface area contributed by atoms with E-state index in [4.69, 9.17) is 0 Å². The van der Waals surface area contributed by atoms with Crippen LogP contribution in [0.4, 0.5) is 0 Å². The van der Waals surface area contributed by atoms with Gasteiger partial charge in [-0.2, -0.15) is 0 Å². The van der Waals surface area contributed by atoms with Gasteiger partial charge < -0.3 is 10.2 Å².